The second-order valence-electron chi connectivity index (χ2n) is 3.07. The first kappa shape index (κ1) is 11.7. The van der Waals surface area contributed by atoms with Gasteiger partial charge in [0.15, 0.2) is 5.69 Å². The van der Waals surface area contributed by atoms with Crippen LogP contribution in [0.3, 0.4) is 0 Å². The number of aryl methyl sites for hydroxylation is 1. The first-order valence-corrected chi connectivity index (χ1v) is 4.68. The smallest absolute Gasteiger partial charge is 0.356 e. The topological polar surface area (TPSA) is 67.2 Å². The highest BCUT2D eigenvalue weighted by atomic mass is 35.5. The molecule has 15 heavy (non-hydrogen) atoms. The van der Waals surface area contributed by atoms with Gasteiger partial charge in [0, 0.05) is 25.2 Å². The molecular formula is C9H12ClN3O2. The number of nitrogens with one attached hydrogen (secondary N) is 1. The number of rotatable bonds is 5. The normalized spacial score (nSPS) is 10.3. The van der Waals surface area contributed by atoms with Crippen molar-refractivity contribution in [1.82, 2.24) is 15.1 Å². The van der Waals surface area contributed by atoms with Gasteiger partial charge in [-0.2, -0.15) is 5.10 Å². The molecule has 0 saturated carbocycles. The molecule has 0 bridgehead atoms. The molecule has 0 fully saturated rings. The fourth-order valence-corrected chi connectivity index (χ4v) is 1.20. The zero-order valence-corrected chi connectivity index (χ0v) is 9.08. The fraction of sp³-hybridized carbons (Fsp3) is 0.333. The van der Waals surface area contributed by atoms with Crippen LogP contribution in [-0.4, -0.2) is 27.4 Å². The van der Waals surface area contributed by atoms with Crippen LogP contribution in [0.25, 0.3) is 0 Å². The van der Waals surface area contributed by atoms with E-state index in [-0.39, 0.29) is 5.69 Å². The Morgan fingerprint density at radius 3 is 2.93 bits per heavy atom. The zero-order chi connectivity index (χ0) is 11.4. The Kier molecular flexibility index (Phi) is 3.88. The van der Waals surface area contributed by atoms with Gasteiger partial charge in [0.2, 0.25) is 0 Å². The molecule has 5 nitrogen and oxygen atoms in total. The Morgan fingerprint density at radius 1 is 1.80 bits per heavy atom. The molecule has 1 aromatic heterocycles. The number of hydrogen-bond donors (Lipinski definition) is 2. The molecule has 1 aromatic rings. The highest BCUT2D eigenvalue weighted by Crippen LogP contribution is 2.03. The van der Waals surface area contributed by atoms with Crippen LogP contribution in [-0.2, 0) is 13.6 Å². The molecule has 82 valence electrons. The standard InChI is InChI=1S/C9H12ClN3O2/c1-6(10)4-11-5-7-3-8(9(14)15)12-13(7)2/h3,11H,1,4-5H2,2H3,(H,14,15). The SMILES string of the molecule is C=C(Cl)CNCc1cc(C(=O)O)nn1C. The summed E-state index contributed by atoms with van der Waals surface area (Å²) < 4.78 is 1.52. The molecule has 0 spiro atoms. The monoisotopic (exact) mass is 229 g/mol. The summed E-state index contributed by atoms with van der Waals surface area (Å²) in [4.78, 5) is 10.6. The summed E-state index contributed by atoms with van der Waals surface area (Å²) >= 11 is 5.57. The first-order valence-electron chi connectivity index (χ1n) is 4.31. The van der Waals surface area contributed by atoms with Crippen molar-refractivity contribution in [2.24, 2.45) is 7.05 Å². The molecule has 0 unspecified atom stereocenters. The quantitative estimate of drug-likeness (QED) is 0.789. The Balaban J connectivity index is 2.61. The van der Waals surface area contributed by atoms with E-state index in [1.165, 1.54) is 10.7 Å². The van der Waals surface area contributed by atoms with Crippen molar-refractivity contribution in [2.45, 2.75) is 6.54 Å². The van der Waals surface area contributed by atoms with E-state index in [1.807, 2.05) is 0 Å². The van der Waals surface area contributed by atoms with Crippen LogP contribution in [0.15, 0.2) is 17.7 Å². The lowest BCUT2D eigenvalue weighted by atomic mass is 10.3. The number of nitrogens with zero attached hydrogens (tertiary/aromatic N) is 2. The van der Waals surface area contributed by atoms with Crippen molar-refractivity contribution in [3.05, 3.63) is 29.1 Å². The van der Waals surface area contributed by atoms with Crippen LogP contribution >= 0.6 is 11.6 Å². The number of carbonyl (C=O) groups is 1. The summed E-state index contributed by atoms with van der Waals surface area (Å²) in [6, 6.07) is 1.52. The van der Waals surface area contributed by atoms with Crippen molar-refractivity contribution < 1.29 is 9.90 Å². The summed E-state index contributed by atoms with van der Waals surface area (Å²) in [6.45, 7) is 4.51. The van der Waals surface area contributed by atoms with E-state index in [0.717, 1.165) is 5.69 Å². The zero-order valence-electron chi connectivity index (χ0n) is 8.33. The van der Waals surface area contributed by atoms with E-state index in [4.69, 9.17) is 16.7 Å². The third-order valence-electron chi connectivity index (χ3n) is 1.82. The van der Waals surface area contributed by atoms with Crippen molar-refractivity contribution >= 4 is 17.6 Å². The molecule has 2 N–H and O–H groups in total. The van der Waals surface area contributed by atoms with E-state index in [9.17, 15) is 4.79 Å². The second-order valence-corrected chi connectivity index (χ2v) is 3.61. The molecule has 0 aliphatic heterocycles. The predicted octanol–water partition coefficient (Wildman–Crippen LogP) is 0.960. The Labute approximate surface area is 92.3 Å². The third kappa shape index (κ3) is 3.38. The molecule has 1 heterocycles. The van der Waals surface area contributed by atoms with E-state index in [0.29, 0.717) is 18.1 Å². The van der Waals surface area contributed by atoms with Gasteiger partial charge >= 0.3 is 5.97 Å². The van der Waals surface area contributed by atoms with Crippen molar-refractivity contribution in [1.29, 1.82) is 0 Å². The van der Waals surface area contributed by atoms with Crippen LogP contribution in [0.4, 0.5) is 0 Å². The third-order valence-corrected chi connectivity index (χ3v) is 1.95. The van der Waals surface area contributed by atoms with Crippen LogP contribution in [0.5, 0.6) is 0 Å². The average Bonchev–Trinajstić information content (AvgIpc) is 2.47. The number of hydrogen-bond acceptors (Lipinski definition) is 3. The maximum absolute atomic E-state index is 10.6. The molecule has 0 atom stereocenters. The maximum atomic E-state index is 10.6. The molecule has 0 amide bonds. The Hall–Kier alpha value is -1.33. The van der Waals surface area contributed by atoms with Gasteiger partial charge in [-0.05, 0) is 6.07 Å². The molecule has 0 aromatic carbocycles. The largest absolute Gasteiger partial charge is 0.476 e. The molecular weight excluding hydrogens is 218 g/mol. The van der Waals surface area contributed by atoms with Gasteiger partial charge in [-0.1, -0.05) is 18.2 Å². The predicted molar refractivity (Wildman–Crippen MR) is 56.9 cm³/mol. The lowest BCUT2D eigenvalue weighted by molar-refractivity contribution is 0.0689. The van der Waals surface area contributed by atoms with Gasteiger partial charge in [-0.3, -0.25) is 4.68 Å². The van der Waals surface area contributed by atoms with Gasteiger partial charge in [0.05, 0.1) is 5.69 Å². The lowest BCUT2D eigenvalue weighted by Gasteiger charge is -2.02. The summed E-state index contributed by atoms with van der Waals surface area (Å²) in [6.07, 6.45) is 0. The average molecular weight is 230 g/mol. The van der Waals surface area contributed by atoms with Gasteiger partial charge in [0.1, 0.15) is 0 Å². The summed E-state index contributed by atoms with van der Waals surface area (Å²) in [5.41, 5.74) is 0.823. The molecule has 1 rings (SSSR count). The van der Waals surface area contributed by atoms with Gasteiger partial charge in [-0.25, -0.2) is 4.79 Å². The molecule has 0 radical (unpaired) electrons. The van der Waals surface area contributed by atoms with Gasteiger partial charge in [-0.15, -0.1) is 0 Å². The highest BCUT2D eigenvalue weighted by molar-refractivity contribution is 6.29. The van der Waals surface area contributed by atoms with Crippen molar-refractivity contribution in [2.75, 3.05) is 6.54 Å². The van der Waals surface area contributed by atoms with Crippen molar-refractivity contribution in [3.8, 4) is 0 Å². The van der Waals surface area contributed by atoms with Crippen molar-refractivity contribution in [3.63, 3.8) is 0 Å². The van der Waals surface area contributed by atoms with Crippen LogP contribution < -0.4 is 5.32 Å². The maximum Gasteiger partial charge on any atom is 0.356 e. The molecule has 0 aliphatic rings. The molecule has 0 saturated heterocycles. The highest BCUT2D eigenvalue weighted by Gasteiger charge is 2.10. The van der Waals surface area contributed by atoms with E-state index in [2.05, 4.69) is 17.0 Å². The second kappa shape index (κ2) is 4.95. The van der Waals surface area contributed by atoms with E-state index < -0.39 is 5.97 Å². The van der Waals surface area contributed by atoms with Crippen LogP contribution in [0, 0.1) is 0 Å². The first-order chi connectivity index (χ1) is 7.00. The number of halogens is 1. The minimum atomic E-state index is -1.03. The van der Waals surface area contributed by atoms with Gasteiger partial charge < -0.3 is 10.4 Å². The number of aromatic carboxylic acids is 1. The van der Waals surface area contributed by atoms with Crippen LogP contribution in [0.2, 0.25) is 0 Å². The van der Waals surface area contributed by atoms with Gasteiger partial charge in [0.25, 0.3) is 0 Å². The lowest BCUT2D eigenvalue weighted by Crippen LogP contribution is -2.16. The minimum Gasteiger partial charge on any atom is -0.476 e. The minimum absolute atomic E-state index is 0.0407. The molecule has 0 aliphatic carbocycles. The fourth-order valence-electron chi connectivity index (χ4n) is 1.10. The van der Waals surface area contributed by atoms with Crippen LogP contribution in [0.1, 0.15) is 16.2 Å². The Morgan fingerprint density at radius 2 is 2.47 bits per heavy atom. The Bertz CT molecular complexity index is 387. The summed E-state index contributed by atoms with van der Waals surface area (Å²) in [5, 5.41) is 16.1. The number of carboxylic acids is 1. The number of aromatic nitrogens is 2. The van der Waals surface area contributed by atoms with E-state index in [1.54, 1.807) is 7.05 Å². The van der Waals surface area contributed by atoms with E-state index >= 15 is 0 Å². The summed E-state index contributed by atoms with van der Waals surface area (Å²) in [5.74, 6) is -1.03. The summed E-state index contributed by atoms with van der Waals surface area (Å²) in [7, 11) is 1.69. The number of carboxylic acid groups (broad SMARTS) is 1. The molecule has 6 heteroatoms.